The van der Waals surface area contributed by atoms with Gasteiger partial charge in [-0.2, -0.15) is 0 Å². The predicted octanol–water partition coefficient (Wildman–Crippen LogP) is 1.65. The summed E-state index contributed by atoms with van der Waals surface area (Å²) in [6, 6.07) is 7.49. The van der Waals surface area contributed by atoms with E-state index in [1.54, 1.807) is 31.3 Å². The molecule has 1 saturated carbocycles. The summed E-state index contributed by atoms with van der Waals surface area (Å²) in [7, 11) is 1.59. The van der Waals surface area contributed by atoms with Gasteiger partial charge in [-0.1, -0.05) is 6.07 Å². The van der Waals surface area contributed by atoms with Crippen LogP contribution in [0, 0.1) is 5.92 Å². The van der Waals surface area contributed by atoms with Gasteiger partial charge in [0.05, 0.1) is 0 Å². The normalized spacial score (nSPS) is 18.7. The lowest BCUT2D eigenvalue weighted by molar-refractivity contribution is 0.0705. The van der Waals surface area contributed by atoms with Crippen molar-refractivity contribution in [3.8, 4) is 0 Å². The Morgan fingerprint density at radius 3 is 2.48 bits per heavy atom. The SMILES string of the molecule is CNC(=O)c1cccc(C(=O)N2CCC(NCC3CC3)CC2)c1. The molecule has 0 spiro atoms. The predicted molar refractivity (Wildman–Crippen MR) is 89.5 cm³/mol. The Labute approximate surface area is 137 Å². The molecule has 1 heterocycles. The van der Waals surface area contributed by atoms with Crippen LogP contribution in [-0.4, -0.2) is 49.4 Å². The van der Waals surface area contributed by atoms with Gasteiger partial charge in [0.2, 0.25) is 0 Å². The summed E-state index contributed by atoms with van der Waals surface area (Å²) < 4.78 is 0. The maximum atomic E-state index is 12.6. The largest absolute Gasteiger partial charge is 0.355 e. The molecular formula is C18H25N3O2. The van der Waals surface area contributed by atoms with Gasteiger partial charge in [-0.15, -0.1) is 0 Å². The first-order valence-corrected chi connectivity index (χ1v) is 8.52. The molecule has 1 aromatic carbocycles. The van der Waals surface area contributed by atoms with Crippen LogP contribution in [0.3, 0.4) is 0 Å². The van der Waals surface area contributed by atoms with Crippen molar-refractivity contribution in [2.24, 2.45) is 5.92 Å². The number of rotatable bonds is 5. The molecule has 1 aromatic rings. The third-order valence-corrected chi connectivity index (χ3v) is 4.77. The van der Waals surface area contributed by atoms with Gasteiger partial charge < -0.3 is 15.5 Å². The molecule has 0 aromatic heterocycles. The molecule has 0 radical (unpaired) electrons. The molecule has 3 rings (SSSR count). The highest BCUT2D eigenvalue weighted by Gasteiger charge is 2.26. The highest BCUT2D eigenvalue weighted by Crippen LogP contribution is 2.28. The summed E-state index contributed by atoms with van der Waals surface area (Å²) in [6.45, 7) is 2.70. The first-order chi connectivity index (χ1) is 11.2. The maximum Gasteiger partial charge on any atom is 0.253 e. The molecule has 2 fully saturated rings. The minimum Gasteiger partial charge on any atom is -0.355 e. The summed E-state index contributed by atoms with van der Waals surface area (Å²) in [6.07, 6.45) is 4.75. The molecule has 23 heavy (non-hydrogen) atoms. The Bertz CT molecular complexity index is 575. The first-order valence-electron chi connectivity index (χ1n) is 8.52. The molecule has 1 aliphatic heterocycles. The summed E-state index contributed by atoms with van der Waals surface area (Å²) in [4.78, 5) is 26.2. The lowest BCUT2D eigenvalue weighted by atomic mass is 10.0. The second-order valence-electron chi connectivity index (χ2n) is 6.58. The van der Waals surface area contributed by atoms with E-state index in [1.165, 1.54) is 12.8 Å². The number of nitrogens with one attached hydrogen (secondary N) is 2. The molecule has 0 unspecified atom stereocenters. The molecule has 1 saturated heterocycles. The van der Waals surface area contributed by atoms with Crippen LogP contribution in [-0.2, 0) is 0 Å². The smallest absolute Gasteiger partial charge is 0.253 e. The second kappa shape index (κ2) is 7.13. The van der Waals surface area contributed by atoms with Crippen LogP contribution in [0.1, 0.15) is 46.4 Å². The Morgan fingerprint density at radius 2 is 1.83 bits per heavy atom. The summed E-state index contributed by atoms with van der Waals surface area (Å²) in [5.74, 6) is 0.751. The molecule has 5 nitrogen and oxygen atoms in total. The standard InChI is InChI=1S/C18H25N3O2/c1-19-17(22)14-3-2-4-15(11-14)18(23)21-9-7-16(8-10-21)20-12-13-5-6-13/h2-4,11,13,16,20H,5-10,12H2,1H3,(H,19,22). The zero-order valence-electron chi connectivity index (χ0n) is 13.7. The van der Waals surface area contributed by atoms with Crippen molar-refractivity contribution in [3.05, 3.63) is 35.4 Å². The van der Waals surface area contributed by atoms with Gasteiger partial charge in [-0.3, -0.25) is 9.59 Å². The van der Waals surface area contributed by atoms with Crippen molar-refractivity contribution >= 4 is 11.8 Å². The molecule has 5 heteroatoms. The van der Waals surface area contributed by atoms with Crippen LogP contribution >= 0.6 is 0 Å². The number of nitrogens with zero attached hydrogens (tertiary/aromatic N) is 1. The Morgan fingerprint density at radius 1 is 1.13 bits per heavy atom. The van der Waals surface area contributed by atoms with E-state index < -0.39 is 0 Å². The molecule has 0 atom stereocenters. The molecule has 2 amide bonds. The van der Waals surface area contributed by atoms with Crippen molar-refractivity contribution < 1.29 is 9.59 Å². The fraction of sp³-hybridized carbons (Fsp3) is 0.556. The van der Waals surface area contributed by atoms with Crippen molar-refractivity contribution in [1.82, 2.24) is 15.5 Å². The van der Waals surface area contributed by atoms with Crippen LogP contribution < -0.4 is 10.6 Å². The van der Waals surface area contributed by atoms with E-state index in [9.17, 15) is 9.59 Å². The number of piperidine rings is 1. The minimum absolute atomic E-state index is 0.0244. The number of carbonyl (C=O) groups is 2. The Balaban J connectivity index is 1.55. The van der Waals surface area contributed by atoms with Gasteiger partial charge in [0.1, 0.15) is 0 Å². The highest BCUT2D eigenvalue weighted by molar-refractivity contribution is 5.99. The van der Waals surface area contributed by atoms with Crippen LogP contribution in [0.5, 0.6) is 0 Å². The van der Waals surface area contributed by atoms with E-state index in [0.717, 1.165) is 38.4 Å². The topological polar surface area (TPSA) is 61.4 Å². The zero-order chi connectivity index (χ0) is 16.2. The monoisotopic (exact) mass is 315 g/mol. The van der Waals surface area contributed by atoms with Gasteiger partial charge in [0.25, 0.3) is 11.8 Å². The van der Waals surface area contributed by atoms with E-state index in [-0.39, 0.29) is 11.8 Å². The van der Waals surface area contributed by atoms with Gasteiger partial charge in [-0.25, -0.2) is 0 Å². The molecule has 0 bridgehead atoms. The quantitative estimate of drug-likeness (QED) is 0.868. The molecular weight excluding hydrogens is 290 g/mol. The Hall–Kier alpha value is -1.88. The number of hydrogen-bond acceptors (Lipinski definition) is 3. The number of likely N-dealkylation sites (tertiary alicyclic amines) is 1. The van der Waals surface area contributed by atoms with Gasteiger partial charge in [0, 0.05) is 37.3 Å². The van der Waals surface area contributed by atoms with Crippen molar-refractivity contribution in [2.45, 2.75) is 31.7 Å². The molecule has 1 aliphatic carbocycles. The van der Waals surface area contributed by atoms with E-state index in [4.69, 9.17) is 0 Å². The van der Waals surface area contributed by atoms with Crippen LogP contribution in [0.4, 0.5) is 0 Å². The lowest BCUT2D eigenvalue weighted by Crippen LogP contribution is -2.45. The second-order valence-corrected chi connectivity index (χ2v) is 6.58. The van der Waals surface area contributed by atoms with Crippen molar-refractivity contribution in [3.63, 3.8) is 0 Å². The number of hydrogen-bond donors (Lipinski definition) is 2. The first kappa shape index (κ1) is 16.0. The summed E-state index contributed by atoms with van der Waals surface area (Å²) >= 11 is 0. The number of carbonyl (C=O) groups excluding carboxylic acids is 2. The van der Waals surface area contributed by atoms with Crippen molar-refractivity contribution in [1.29, 1.82) is 0 Å². The van der Waals surface area contributed by atoms with E-state index >= 15 is 0 Å². The number of amides is 2. The zero-order valence-corrected chi connectivity index (χ0v) is 13.7. The third kappa shape index (κ3) is 4.10. The van der Waals surface area contributed by atoms with Gasteiger partial charge in [-0.05, 0) is 56.3 Å². The minimum atomic E-state index is -0.164. The van der Waals surface area contributed by atoms with Gasteiger partial charge in [0.15, 0.2) is 0 Å². The van der Waals surface area contributed by atoms with E-state index in [1.807, 2.05) is 4.90 Å². The fourth-order valence-corrected chi connectivity index (χ4v) is 3.06. The van der Waals surface area contributed by atoms with Crippen LogP contribution in [0.15, 0.2) is 24.3 Å². The molecule has 2 aliphatic rings. The van der Waals surface area contributed by atoms with Crippen LogP contribution in [0.2, 0.25) is 0 Å². The number of benzene rings is 1. The summed E-state index contributed by atoms with van der Waals surface area (Å²) in [5.41, 5.74) is 1.12. The van der Waals surface area contributed by atoms with E-state index in [0.29, 0.717) is 17.2 Å². The van der Waals surface area contributed by atoms with Gasteiger partial charge >= 0.3 is 0 Å². The molecule has 124 valence electrons. The fourth-order valence-electron chi connectivity index (χ4n) is 3.06. The third-order valence-electron chi connectivity index (χ3n) is 4.77. The van der Waals surface area contributed by atoms with Crippen LogP contribution in [0.25, 0.3) is 0 Å². The highest BCUT2D eigenvalue weighted by atomic mass is 16.2. The molecule has 2 N–H and O–H groups in total. The maximum absolute atomic E-state index is 12.6. The van der Waals surface area contributed by atoms with Crippen molar-refractivity contribution in [2.75, 3.05) is 26.7 Å². The average molecular weight is 315 g/mol. The Kier molecular flexibility index (Phi) is 4.96. The van der Waals surface area contributed by atoms with E-state index in [2.05, 4.69) is 10.6 Å². The summed E-state index contributed by atoms with van der Waals surface area (Å²) in [5, 5.41) is 6.21. The lowest BCUT2D eigenvalue weighted by Gasteiger charge is -2.32. The average Bonchev–Trinajstić information content (AvgIpc) is 3.43.